The topological polar surface area (TPSA) is 9.23 Å². The van der Waals surface area contributed by atoms with Crippen molar-refractivity contribution in [1.29, 1.82) is 0 Å². The Morgan fingerprint density at radius 3 is 2.33 bits per heavy atom. The van der Waals surface area contributed by atoms with Crippen molar-refractivity contribution < 1.29 is 4.74 Å². The van der Waals surface area contributed by atoms with Crippen LogP contribution in [0.25, 0.3) is 6.08 Å². The van der Waals surface area contributed by atoms with Crippen LogP contribution in [0.5, 0.6) is 5.75 Å². The lowest BCUT2D eigenvalue weighted by Gasteiger charge is -2.07. The summed E-state index contributed by atoms with van der Waals surface area (Å²) in [6.45, 7) is 2.20. The molecule has 0 heterocycles. The van der Waals surface area contributed by atoms with E-state index in [1.54, 1.807) is 7.11 Å². The van der Waals surface area contributed by atoms with Crippen LogP contribution in [-0.4, -0.2) is 7.11 Å². The maximum Gasteiger partial charge on any atom is 0.126 e. The van der Waals surface area contributed by atoms with Gasteiger partial charge in [-0.25, -0.2) is 0 Å². The first-order chi connectivity index (χ1) is 8.81. The molecule has 2 aromatic rings. The zero-order valence-electron chi connectivity index (χ0n) is 10.8. The predicted octanol–water partition coefficient (Wildman–Crippen LogP) is 4.51. The number of hydrogen-bond acceptors (Lipinski definition) is 1. The van der Waals surface area contributed by atoms with Gasteiger partial charge in [0.1, 0.15) is 5.75 Å². The Balaban J connectivity index is 2.16. The van der Waals surface area contributed by atoms with Crippen molar-refractivity contribution in [2.24, 2.45) is 0 Å². The lowest BCUT2D eigenvalue weighted by Crippen LogP contribution is -1.89. The van der Waals surface area contributed by atoms with Crippen molar-refractivity contribution in [2.75, 3.05) is 7.11 Å². The number of allylic oxidation sites excluding steroid dienone is 1. The van der Waals surface area contributed by atoms with Crippen molar-refractivity contribution in [2.45, 2.75) is 12.8 Å². The molecule has 0 saturated carbocycles. The fraction of sp³-hybridized carbons (Fsp3) is 0.176. The predicted molar refractivity (Wildman–Crippen MR) is 76.9 cm³/mol. The molecule has 0 spiro atoms. The minimum atomic E-state index is 0.399. The molecule has 1 atom stereocenters. The maximum atomic E-state index is 5.33. The maximum absolute atomic E-state index is 5.33. The minimum absolute atomic E-state index is 0.399. The summed E-state index contributed by atoms with van der Waals surface area (Å²) in [5, 5.41) is 0. The first kappa shape index (κ1) is 12.4. The molecule has 0 aromatic heterocycles. The fourth-order valence-electron chi connectivity index (χ4n) is 1.92. The molecule has 0 unspecified atom stereocenters. The normalized spacial score (nSPS) is 12.6. The zero-order chi connectivity index (χ0) is 12.8. The van der Waals surface area contributed by atoms with Crippen molar-refractivity contribution in [3.8, 4) is 5.75 Å². The molecule has 0 aliphatic carbocycles. The summed E-state index contributed by atoms with van der Waals surface area (Å²) in [4.78, 5) is 0. The number of hydrogen-bond donors (Lipinski definition) is 0. The Morgan fingerprint density at radius 2 is 1.61 bits per heavy atom. The molecule has 92 valence electrons. The Morgan fingerprint density at radius 1 is 0.944 bits per heavy atom. The summed E-state index contributed by atoms with van der Waals surface area (Å²) in [5.41, 5.74) is 2.44. The van der Waals surface area contributed by atoms with Gasteiger partial charge in [0.2, 0.25) is 0 Å². The van der Waals surface area contributed by atoms with E-state index >= 15 is 0 Å². The molecule has 0 radical (unpaired) electrons. The Bertz CT molecular complexity index is 514. The van der Waals surface area contributed by atoms with E-state index in [4.69, 9.17) is 4.74 Å². The lowest BCUT2D eigenvalue weighted by molar-refractivity contribution is 0.414. The van der Waals surface area contributed by atoms with E-state index in [9.17, 15) is 0 Å². The molecular formula is C17H18O. The molecule has 0 bridgehead atoms. The molecule has 0 N–H and O–H groups in total. The number of benzene rings is 2. The second-order valence-corrected chi connectivity index (χ2v) is 4.30. The van der Waals surface area contributed by atoms with Gasteiger partial charge < -0.3 is 4.74 Å². The summed E-state index contributed by atoms with van der Waals surface area (Å²) >= 11 is 0. The molecular weight excluding hydrogens is 220 g/mol. The van der Waals surface area contributed by atoms with Crippen LogP contribution in [0, 0.1) is 0 Å². The van der Waals surface area contributed by atoms with Crippen LogP contribution in [0.3, 0.4) is 0 Å². The average Bonchev–Trinajstić information content (AvgIpc) is 2.46. The third-order valence-corrected chi connectivity index (χ3v) is 3.03. The number of ether oxygens (including phenoxy) is 1. The first-order valence-corrected chi connectivity index (χ1v) is 6.17. The third kappa shape index (κ3) is 3.01. The van der Waals surface area contributed by atoms with E-state index in [1.807, 2.05) is 24.3 Å². The van der Waals surface area contributed by atoms with Crippen molar-refractivity contribution >= 4 is 6.08 Å². The van der Waals surface area contributed by atoms with Crippen molar-refractivity contribution in [3.05, 3.63) is 71.8 Å². The van der Waals surface area contributed by atoms with E-state index in [0.29, 0.717) is 5.92 Å². The Hall–Kier alpha value is -2.02. The third-order valence-electron chi connectivity index (χ3n) is 3.03. The van der Waals surface area contributed by atoms with E-state index in [1.165, 1.54) is 5.56 Å². The van der Waals surface area contributed by atoms with E-state index < -0.39 is 0 Å². The second-order valence-electron chi connectivity index (χ2n) is 4.30. The van der Waals surface area contributed by atoms with Gasteiger partial charge in [0, 0.05) is 5.56 Å². The van der Waals surface area contributed by atoms with Gasteiger partial charge in [0.05, 0.1) is 7.11 Å². The number of methoxy groups -OCH3 is 1. The standard InChI is InChI=1S/C17H18O/c1-14(15-8-4-3-5-9-15)12-13-16-10-6-7-11-17(16)18-2/h3-14H,1-2H3/b13-12-/t14-/m0/s1. The first-order valence-electron chi connectivity index (χ1n) is 6.17. The molecule has 0 amide bonds. The average molecular weight is 238 g/mol. The van der Waals surface area contributed by atoms with Crippen LogP contribution >= 0.6 is 0 Å². The zero-order valence-corrected chi connectivity index (χ0v) is 10.8. The molecule has 0 saturated heterocycles. The van der Waals surface area contributed by atoms with Gasteiger partial charge in [-0.15, -0.1) is 0 Å². The van der Waals surface area contributed by atoms with Crippen LogP contribution in [0.15, 0.2) is 60.7 Å². The fourth-order valence-corrected chi connectivity index (χ4v) is 1.92. The van der Waals surface area contributed by atoms with Gasteiger partial charge in [0.25, 0.3) is 0 Å². The van der Waals surface area contributed by atoms with Gasteiger partial charge in [-0.1, -0.05) is 67.6 Å². The summed E-state index contributed by atoms with van der Waals surface area (Å²) in [7, 11) is 1.70. The molecule has 0 fully saturated rings. The Labute approximate surface area is 109 Å². The van der Waals surface area contributed by atoms with Crippen LogP contribution in [0.2, 0.25) is 0 Å². The minimum Gasteiger partial charge on any atom is -0.496 e. The highest BCUT2D eigenvalue weighted by atomic mass is 16.5. The highest BCUT2D eigenvalue weighted by Gasteiger charge is 2.01. The van der Waals surface area contributed by atoms with Crippen molar-refractivity contribution in [1.82, 2.24) is 0 Å². The summed E-state index contributed by atoms with van der Waals surface area (Å²) in [5.74, 6) is 1.31. The van der Waals surface area contributed by atoms with Gasteiger partial charge in [-0.3, -0.25) is 0 Å². The van der Waals surface area contributed by atoms with E-state index in [2.05, 4.69) is 49.4 Å². The molecule has 0 aliphatic heterocycles. The molecule has 18 heavy (non-hydrogen) atoms. The van der Waals surface area contributed by atoms with Crippen LogP contribution in [0.1, 0.15) is 24.0 Å². The monoisotopic (exact) mass is 238 g/mol. The molecule has 0 aliphatic rings. The largest absolute Gasteiger partial charge is 0.496 e. The van der Waals surface area contributed by atoms with Crippen LogP contribution in [0.4, 0.5) is 0 Å². The smallest absolute Gasteiger partial charge is 0.126 e. The van der Waals surface area contributed by atoms with Gasteiger partial charge in [-0.2, -0.15) is 0 Å². The second kappa shape index (κ2) is 6.06. The molecule has 2 rings (SSSR count). The van der Waals surface area contributed by atoms with E-state index in [0.717, 1.165) is 11.3 Å². The van der Waals surface area contributed by atoms with Gasteiger partial charge in [0.15, 0.2) is 0 Å². The molecule has 2 aromatic carbocycles. The summed E-state index contributed by atoms with van der Waals surface area (Å²) < 4.78 is 5.33. The van der Waals surface area contributed by atoms with Crippen LogP contribution < -0.4 is 4.74 Å². The lowest BCUT2D eigenvalue weighted by atomic mass is 10.00. The molecule has 1 nitrogen and oxygen atoms in total. The highest BCUT2D eigenvalue weighted by molar-refractivity contribution is 5.58. The SMILES string of the molecule is COc1ccccc1/C=C\[C@H](C)c1ccccc1. The summed E-state index contributed by atoms with van der Waals surface area (Å²) in [6, 6.07) is 18.5. The molecule has 1 heteroatoms. The van der Waals surface area contributed by atoms with Gasteiger partial charge in [-0.05, 0) is 17.5 Å². The highest BCUT2D eigenvalue weighted by Crippen LogP contribution is 2.22. The van der Waals surface area contributed by atoms with Gasteiger partial charge >= 0.3 is 0 Å². The van der Waals surface area contributed by atoms with E-state index in [-0.39, 0.29) is 0 Å². The summed E-state index contributed by atoms with van der Waals surface area (Å²) in [6.07, 6.45) is 4.32. The van der Waals surface area contributed by atoms with Crippen LogP contribution in [-0.2, 0) is 0 Å². The number of rotatable bonds is 4. The Kier molecular flexibility index (Phi) is 4.19. The van der Waals surface area contributed by atoms with Crippen molar-refractivity contribution in [3.63, 3.8) is 0 Å². The number of para-hydroxylation sites is 1. The quantitative estimate of drug-likeness (QED) is 0.761.